The molecule has 0 aliphatic heterocycles. The number of carbonyl (C=O) groups excluding carboxylic acids is 1. The number of hydrogen-bond acceptors (Lipinski definition) is 6. The molecule has 1 aromatic carbocycles. The molecule has 0 saturated heterocycles. The summed E-state index contributed by atoms with van der Waals surface area (Å²) in [5, 5.41) is 2.43. The largest absolute Gasteiger partial charge is 0.491 e. The maximum atomic E-state index is 13.0. The smallest absolute Gasteiger partial charge is 0.326 e. The minimum Gasteiger partial charge on any atom is -0.491 e. The topological polar surface area (TPSA) is 70.4 Å². The lowest BCUT2D eigenvalue weighted by Gasteiger charge is -2.12. The predicted octanol–water partition coefficient (Wildman–Crippen LogP) is 4.25. The van der Waals surface area contributed by atoms with Gasteiger partial charge in [0.15, 0.2) is 0 Å². The number of thiophene rings is 1. The maximum absolute atomic E-state index is 13.0. The van der Waals surface area contributed by atoms with Gasteiger partial charge in [-0.05, 0) is 44.9 Å². The Morgan fingerprint density at radius 1 is 1.21 bits per heavy atom. The van der Waals surface area contributed by atoms with Crippen LogP contribution in [0.25, 0.3) is 21.3 Å². The third-order valence-corrected chi connectivity index (χ3v) is 5.19. The Bertz CT molecular complexity index is 1020. The Morgan fingerprint density at radius 3 is 2.57 bits per heavy atom. The molecule has 0 bridgehead atoms. The first-order valence-corrected chi connectivity index (χ1v) is 10.2. The third-order valence-electron chi connectivity index (χ3n) is 4.30. The summed E-state index contributed by atoms with van der Waals surface area (Å²) < 4.78 is 12.3. The van der Waals surface area contributed by atoms with Crippen molar-refractivity contribution in [3.05, 3.63) is 46.3 Å². The van der Waals surface area contributed by atoms with Gasteiger partial charge in [-0.25, -0.2) is 4.98 Å². The van der Waals surface area contributed by atoms with Crippen molar-refractivity contribution in [2.45, 2.75) is 52.9 Å². The molecule has 0 fully saturated rings. The van der Waals surface area contributed by atoms with E-state index in [4.69, 9.17) is 9.47 Å². The number of aromatic nitrogens is 2. The highest BCUT2D eigenvalue weighted by Gasteiger charge is 2.16. The van der Waals surface area contributed by atoms with Gasteiger partial charge in [-0.3, -0.25) is 14.2 Å². The molecule has 3 rings (SSSR count). The van der Waals surface area contributed by atoms with Crippen LogP contribution in [0.1, 0.15) is 34.1 Å². The van der Waals surface area contributed by atoms with Crippen LogP contribution in [-0.2, 0) is 16.1 Å². The molecule has 0 spiro atoms. The van der Waals surface area contributed by atoms with Gasteiger partial charge in [-0.15, -0.1) is 11.3 Å². The molecule has 0 radical (unpaired) electrons. The van der Waals surface area contributed by atoms with Gasteiger partial charge in [0, 0.05) is 10.9 Å². The fourth-order valence-corrected chi connectivity index (χ4v) is 3.67. The Balaban J connectivity index is 1.93. The van der Waals surface area contributed by atoms with Crippen molar-refractivity contribution in [2.75, 3.05) is 0 Å². The monoisotopic (exact) mass is 400 g/mol. The van der Waals surface area contributed by atoms with Crippen molar-refractivity contribution in [2.24, 2.45) is 0 Å². The molecule has 0 N–H and O–H groups in total. The number of carbonyl (C=O) groups is 1. The van der Waals surface area contributed by atoms with Crippen LogP contribution in [0.4, 0.5) is 0 Å². The molecule has 0 unspecified atom stereocenters. The Morgan fingerprint density at radius 2 is 1.93 bits per heavy atom. The highest BCUT2D eigenvalue weighted by Crippen LogP contribution is 2.31. The SMILES string of the molecule is CC[C@@H](C)OC(=O)Cn1cnc2scc(-c3ccc(OC(C)C)cc3)c2c1=O. The van der Waals surface area contributed by atoms with E-state index in [2.05, 4.69) is 4.98 Å². The summed E-state index contributed by atoms with van der Waals surface area (Å²) in [6, 6.07) is 7.62. The van der Waals surface area contributed by atoms with Crippen molar-refractivity contribution in [1.29, 1.82) is 0 Å². The number of fused-ring (bicyclic) bond motifs is 1. The zero-order valence-electron chi connectivity index (χ0n) is 16.5. The van der Waals surface area contributed by atoms with Crippen LogP contribution in [0.2, 0.25) is 0 Å². The standard InChI is InChI=1S/C21H24N2O4S/c1-5-14(4)27-18(24)10-23-12-22-20-19(21(23)25)17(11-28-20)15-6-8-16(9-7-15)26-13(2)3/h6-9,11-14H,5,10H2,1-4H3/t14-/m1/s1. The van der Waals surface area contributed by atoms with Crippen LogP contribution in [0.3, 0.4) is 0 Å². The number of benzene rings is 1. The summed E-state index contributed by atoms with van der Waals surface area (Å²) in [4.78, 5) is 30.0. The van der Waals surface area contributed by atoms with Crippen LogP contribution < -0.4 is 10.3 Å². The van der Waals surface area contributed by atoms with Gasteiger partial charge in [-0.2, -0.15) is 0 Å². The number of hydrogen-bond donors (Lipinski definition) is 0. The van der Waals surface area contributed by atoms with Crippen LogP contribution in [0.5, 0.6) is 5.75 Å². The first-order valence-electron chi connectivity index (χ1n) is 9.32. The van der Waals surface area contributed by atoms with E-state index in [9.17, 15) is 9.59 Å². The van der Waals surface area contributed by atoms with E-state index in [1.54, 1.807) is 0 Å². The molecule has 6 nitrogen and oxygen atoms in total. The van der Waals surface area contributed by atoms with Crippen LogP contribution in [0, 0.1) is 0 Å². The van der Waals surface area contributed by atoms with Crippen molar-refractivity contribution < 1.29 is 14.3 Å². The minimum atomic E-state index is -0.440. The van der Waals surface area contributed by atoms with E-state index >= 15 is 0 Å². The highest BCUT2D eigenvalue weighted by atomic mass is 32.1. The predicted molar refractivity (Wildman–Crippen MR) is 111 cm³/mol. The fourth-order valence-electron chi connectivity index (χ4n) is 2.76. The zero-order valence-corrected chi connectivity index (χ0v) is 17.3. The van der Waals surface area contributed by atoms with Crippen molar-refractivity contribution in [1.82, 2.24) is 9.55 Å². The van der Waals surface area contributed by atoms with E-state index in [0.717, 1.165) is 23.3 Å². The van der Waals surface area contributed by atoms with Crippen molar-refractivity contribution in [3.63, 3.8) is 0 Å². The number of esters is 1. The van der Waals surface area contributed by atoms with E-state index < -0.39 is 5.97 Å². The van der Waals surface area contributed by atoms with Crippen LogP contribution >= 0.6 is 11.3 Å². The second-order valence-corrected chi connectivity index (χ2v) is 7.76. The van der Waals surface area contributed by atoms with Gasteiger partial charge in [0.25, 0.3) is 5.56 Å². The highest BCUT2D eigenvalue weighted by molar-refractivity contribution is 7.17. The zero-order chi connectivity index (χ0) is 20.3. The summed E-state index contributed by atoms with van der Waals surface area (Å²) in [7, 11) is 0. The quantitative estimate of drug-likeness (QED) is 0.555. The number of nitrogens with zero attached hydrogens (tertiary/aromatic N) is 2. The lowest BCUT2D eigenvalue weighted by atomic mass is 10.1. The molecule has 1 atom stereocenters. The summed E-state index contributed by atoms with van der Waals surface area (Å²) in [6.07, 6.45) is 2.05. The first kappa shape index (κ1) is 20.1. The van der Waals surface area contributed by atoms with Crippen LogP contribution in [-0.4, -0.2) is 27.7 Å². The van der Waals surface area contributed by atoms with Crippen molar-refractivity contribution >= 4 is 27.5 Å². The lowest BCUT2D eigenvalue weighted by Crippen LogP contribution is -2.27. The molecule has 0 saturated carbocycles. The van der Waals surface area contributed by atoms with Gasteiger partial charge >= 0.3 is 5.97 Å². The fraction of sp³-hybridized carbons (Fsp3) is 0.381. The molecule has 0 aliphatic rings. The maximum Gasteiger partial charge on any atom is 0.326 e. The van der Waals surface area contributed by atoms with Gasteiger partial charge in [-0.1, -0.05) is 19.1 Å². The first-order chi connectivity index (χ1) is 13.4. The normalized spacial score (nSPS) is 12.3. The molecular weight excluding hydrogens is 376 g/mol. The molecule has 2 aromatic heterocycles. The van der Waals surface area contributed by atoms with Crippen LogP contribution in [0.15, 0.2) is 40.8 Å². The minimum absolute atomic E-state index is 0.0967. The number of rotatable bonds is 7. The Labute approximate surface area is 167 Å². The van der Waals surface area contributed by atoms with E-state index in [0.29, 0.717) is 10.2 Å². The second-order valence-electron chi connectivity index (χ2n) is 6.91. The molecular formula is C21H24N2O4S. The molecule has 3 aromatic rings. The molecule has 28 heavy (non-hydrogen) atoms. The molecule has 148 valence electrons. The second kappa shape index (κ2) is 8.56. The molecule has 2 heterocycles. The van der Waals surface area contributed by atoms with E-state index in [1.165, 1.54) is 22.2 Å². The van der Waals surface area contributed by atoms with Gasteiger partial charge in [0.2, 0.25) is 0 Å². The summed E-state index contributed by atoms with van der Waals surface area (Å²) in [5.74, 6) is 0.339. The molecule has 0 aliphatic carbocycles. The molecule has 0 amide bonds. The Hall–Kier alpha value is -2.67. The van der Waals surface area contributed by atoms with E-state index in [1.807, 2.05) is 57.3 Å². The third kappa shape index (κ3) is 4.42. The number of ether oxygens (including phenoxy) is 2. The average Bonchev–Trinajstić information content (AvgIpc) is 3.09. The summed E-state index contributed by atoms with van der Waals surface area (Å²) >= 11 is 1.41. The molecule has 7 heteroatoms. The van der Waals surface area contributed by atoms with Gasteiger partial charge in [0.05, 0.1) is 23.9 Å². The van der Waals surface area contributed by atoms with Gasteiger partial charge in [0.1, 0.15) is 17.1 Å². The summed E-state index contributed by atoms with van der Waals surface area (Å²) in [6.45, 7) is 7.56. The van der Waals surface area contributed by atoms with Gasteiger partial charge < -0.3 is 9.47 Å². The van der Waals surface area contributed by atoms with E-state index in [-0.39, 0.29) is 24.3 Å². The Kier molecular flexibility index (Phi) is 6.14. The lowest BCUT2D eigenvalue weighted by molar-refractivity contribution is -0.149. The summed E-state index contributed by atoms with van der Waals surface area (Å²) in [5.41, 5.74) is 1.46. The average molecular weight is 401 g/mol. The van der Waals surface area contributed by atoms with Crippen molar-refractivity contribution in [3.8, 4) is 16.9 Å².